The van der Waals surface area contributed by atoms with Crippen molar-refractivity contribution in [3.05, 3.63) is 61.0 Å². The fourth-order valence-corrected chi connectivity index (χ4v) is 0.497. The molecule has 0 saturated carbocycles. The number of hydrogen-bond donors (Lipinski definition) is 4. The van der Waals surface area contributed by atoms with E-state index in [1.165, 1.54) is 13.8 Å². The second-order valence-electron chi connectivity index (χ2n) is 4.08. The second-order valence-corrected chi connectivity index (χ2v) is 4.08. The molecule has 0 aliphatic heterocycles. The van der Waals surface area contributed by atoms with Crippen LogP contribution in [0.5, 0.6) is 0 Å². The molecule has 0 saturated heterocycles. The molecule has 7 heteroatoms. The Morgan fingerprint density at radius 1 is 1.04 bits per heavy atom. The van der Waals surface area contributed by atoms with Crippen molar-refractivity contribution >= 4 is 18.0 Å². The summed E-state index contributed by atoms with van der Waals surface area (Å²) in [4.78, 5) is 23.2. The van der Waals surface area contributed by atoms with Gasteiger partial charge in [0.25, 0.3) is 0 Å². The number of nitrogens with zero attached hydrogens (tertiary/aromatic N) is 1. The minimum Gasteiger partial charge on any atom is -0.478 e. The summed E-state index contributed by atoms with van der Waals surface area (Å²) in [7, 11) is 0. The van der Waals surface area contributed by atoms with E-state index in [-0.39, 0.29) is 24.4 Å². The van der Waals surface area contributed by atoms with Gasteiger partial charge in [-0.3, -0.25) is 4.98 Å². The van der Waals surface area contributed by atoms with Gasteiger partial charge >= 0.3 is 11.9 Å². The van der Waals surface area contributed by atoms with Gasteiger partial charge in [0, 0.05) is 17.3 Å². The molecule has 0 radical (unpaired) electrons. The maximum absolute atomic E-state index is 9.60. The highest BCUT2D eigenvalue weighted by molar-refractivity contribution is 5.85. The van der Waals surface area contributed by atoms with Gasteiger partial charge < -0.3 is 20.4 Å². The molecule has 1 rings (SSSR count). The highest BCUT2D eigenvalue weighted by Crippen LogP contribution is 1.91. The maximum atomic E-state index is 9.60. The van der Waals surface area contributed by atoms with E-state index in [1.807, 2.05) is 18.2 Å². The first-order chi connectivity index (χ1) is 11.1. The largest absolute Gasteiger partial charge is 0.478 e. The molecule has 1 aromatic heterocycles. The summed E-state index contributed by atoms with van der Waals surface area (Å²) in [5, 5.41) is 31.0. The number of aliphatic carboxylic acids is 2. The lowest BCUT2D eigenvalue weighted by atomic mass is 10.4. The molecule has 7 nitrogen and oxygen atoms in total. The Bertz CT molecular complexity index is 461. The van der Waals surface area contributed by atoms with Gasteiger partial charge in [0.1, 0.15) is 0 Å². The Kier molecular flexibility index (Phi) is 19.9. The van der Waals surface area contributed by atoms with Gasteiger partial charge in [-0.15, -0.1) is 0 Å². The standard InChI is InChI=1S/C7H7N.2C4H6O2.C2H6O2/c1-2-7-5-3-4-6-8-7;2*1-3(2)4(5)6;3-1-2-4/h2-6H,1H2;2*1H2,2H3,(H,5,6);3-4H,1-2H2. The van der Waals surface area contributed by atoms with Crippen LogP contribution in [0.3, 0.4) is 0 Å². The molecular formula is C17H25NO6. The quantitative estimate of drug-likeness (QED) is 0.618. The summed E-state index contributed by atoms with van der Waals surface area (Å²) in [5.74, 6) is -1.87. The SMILES string of the molecule is C=C(C)C(=O)O.C=C(C)C(=O)O.C=Cc1ccccn1.OCCO. The molecule has 4 N–H and O–H groups in total. The van der Waals surface area contributed by atoms with Crippen LogP contribution in [0.15, 0.2) is 55.3 Å². The average molecular weight is 339 g/mol. The molecule has 0 fully saturated rings. The van der Waals surface area contributed by atoms with Gasteiger partial charge in [-0.05, 0) is 32.1 Å². The molecule has 134 valence electrons. The maximum Gasteiger partial charge on any atom is 0.330 e. The van der Waals surface area contributed by atoms with Crippen molar-refractivity contribution < 1.29 is 30.0 Å². The van der Waals surface area contributed by atoms with E-state index >= 15 is 0 Å². The summed E-state index contributed by atoms with van der Waals surface area (Å²) in [5.41, 5.74) is 1.28. The van der Waals surface area contributed by atoms with E-state index in [4.69, 9.17) is 20.4 Å². The molecular weight excluding hydrogens is 314 g/mol. The highest BCUT2D eigenvalue weighted by atomic mass is 16.4. The molecule has 0 amide bonds. The predicted octanol–water partition coefficient (Wildman–Crippen LogP) is 1.99. The fourth-order valence-electron chi connectivity index (χ4n) is 0.497. The van der Waals surface area contributed by atoms with E-state index < -0.39 is 11.9 Å². The number of aliphatic hydroxyl groups is 2. The molecule has 0 unspecified atom stereocenters. The Hall–Kier alpha value is -2.77. The number of carbonyl (C=O) groups is 2. The van der Waals surface area contributed by atoms with E-state index in [0.717, 1.165) is 5.69 Å². The number of carboxylic acid groups (broad SMARTS) is 2. The van der Waals surface area contributed by atoms with Gasteiger partial charge in [-0.1, -0.05) is 25.8 Å². The van der Waals surface area contributed by atoms with Crippen LogP contribution < -0.4 is 0 Å². The predicted molar refractivity (Wildman–Crippen MR) is 93.4 cm³/mol. The molecule has 0 atom stereocenters. The lowest BCUT2D eigenvalue weighted by molar-refractivity contribution is -0.133. The third kappa shape index (κ3) is 24.3. The monoisotopic (exact) mass is 339 g/mol. The van der Waals surface area contributed by atoms with E-state index in [1.54, 1.807) is 12.3 Å². The first-order valence-corrected chi connectivity index (χ1v) is 6.66. The summed E-state index contributed by atoms with van der Waals surface area (Å²) in [6, 6.07) is 5.73. The van der Waals surface area contributed by atoms with Crippen molar-refractivity contribution in [1.82, 2.24) is 4.98 Å². The summed E-state index contributed by atoms with van der Waals surface area (Å²) in [6.07, 6.45) is 3.47. The number of pyridine rings is 1. The number of hydrogen-bond acceptors (Lipinski definition) is 5. The Morgan fingerprint density at radius 3 is 1.54 bits per heavy atom. The molecule has 24 heavy (non-hydrogen) atoms. The smallest absolute Gasteiger partial charge is 0.330 e. The van der Waals surface area contributed by atoms with E-state index in [2.05, 4.69) is 24.7 Å². The summed E-state index contributed by atoms with van der Waals surface area (Å²) < 4.78 is 0. The number of carboxylic acids is 2. The fraction of sp³-hybridized carbons (Fsp3) is 0.235. The van der Waals surface area contributed by atoms with Crippen LogP contribution in [0.2, 0.25) is 0 Å². The van der Waals surface area contributed by atoms with Crippen molar-refractivity contribution in [1.29, 1.82) is 0 Å². The van der Waals surface area contributed by atoms with Crippen molar-refractivity contribution in [3.63, 3.8) is 0 Å². The van der Waals surface area contributed by atoms with Crippen molar-refractivity contribution in [2.45, 2.75) is 13.8 Å². The third-order valence-corrected chi connectivity index (χ3v) is 1.73. The summed E-state index contributed by atoms with van der Waals surface area (Å²) in [6.45, 7) is 12.5. The molecule has 0 aliphatic rings. The third-order valence-electron chi connectivity index (χ3n) is 1.73. The van der Waals surface area contributed by atoms with Gasteiger partial charge in [0.2, 0.25) is 0 Å². The molecule has 0 spiro atoms. The van der Waals surface area contributed by atoms with Crippen LogP contribution >= 0.6 is 0 Å². The number of rotatable bonds is 4. The molecule has 1 heterocycles. The van der Waals surface area contributed by atoms with Crippen molar-refractivity contribution in [3.8, 4) is 0 Å². The van der Waals surface area contributed by atoms with Crippen LogP contribution in [-0.2, 0) is 9.59 Å². The van der Waals surface area contributed by atoms with Crippen LogP contribution in [0.25, 0.3) is 6.08 Å². The van der Waals surface area contributed by atoms with E-state index in [9.17, 15) is 9.59 Å². The topological polar surface area (TPSA) is 128 Å². The molecule has 0 aliphatic carbocycles. The zero-order valence-electron chi connectivity index (χ0n) is 14.0. The van der Waals surface area contributed by atoms with Crippen LogP contribution in [0.1, 0.15) is 19.5 Å². The van der Waals surface area contributed by atoms with Gasteiger partial charge in [0.05, 0.1) is 18.9 Å². The minimum absolute atomic E-state index is 0.125. The lowest BCUT2D eigenvalue weighted by Gasteiger charge is -1.84. The summed E-state index contributed by atoms with van der Waals surface area (Å²) >= 11 is 0. The first kappa shape index (κ1) is 26.1. The minimum atomic E-state index is -0.935. The highest BCUT2D eigenvalue weighted by Gasteiger charge is 1.90. The zero-order chi connectivity index (χ0) is 19.5. The lowest BCUT2D eigenvalue weighted by Crippen LogP contribution is -1.92. The van der Waals surface area contributed by atoms with Crippen LogP contribution in [0.4, 0.5) is 0 Å². The Labute approximate surface area is 141 Å². The Morgan fingerprint density at radius 2 is 1.42 bits per heavy atom. The van der Waals surface area contributed by atoms with Gasteiger partial charge in [-0.2, -0.15) is 0 Å². The van der Waals surface area contributed by atoms with Crippen LogP contribution in [0, 0.1) is 0 Å². The van der Waals surface area contributed by atoms with Crippen molar-refractivity contribution in [2.24, 2.45) is 0 Å². The Balaban J connectivity index is -0.000000253. The van der Waals surface area contributed by atoms with E-state index in [0.29, 0.717) is 0 Å². The van der Waals surface area contributed by atoms with Crippen LogP contribution in [-0.4, -0.2) is 50.6 Å². The normalized spacial score (nSPS) is 7.83. The zero-order valence-corrected chi connectivity index (χ0v) is 14.0. The van der Waals surface area contributed by atoms with Crippen molar-refractivity contribution in [2.75, 3.05) is 13.2 Å². The van der Waals surface area contributed by atoms with Gasteiger partial charge in [0.15, 0.2) is 0 Å². The average Bonchev–Trinajstić information content (AvgIpc) is 2.56. The van der Waals surface area contributed by atoms with Gasteiger partial charge in [-0.25, -0.2) is 9.59 Å². The second kappa shape index (κ2) is 18.3. The molecule has 0 bridgehead atoms. The first-order valence-electron chi connectivity index (χ1n) is 6.66. The number of aromatic nitrogens is 1. The molecule has 0 aromatic carbocycles. The number of aliphatic hydroxyl groups excluding tert-OH is 2. The molecule has 1 aromatic rings.